The Morgan fingerprint density at radius 1 is 0.441 bits per heavy atom. The molecule has 0 saturated heterocycles. The third kappa shape index (κ3) is 5.58. The zero-order chi connectivity index (χ0) is 39.2. The van der Waals surface area contributed by atoms with Crippen molar-refractivity contribution in [1.82, 2.24) is 8.47 Å². The first-order chi connectivity index (χ1) is 29.0. The van der Waals surface area contributed by atoms with E-state index in [1.165, 1.54) is 25.7 Å². The molecule has 12 rings (SSSR count). The predicted octanol–water partition coefficient (Wildman–Crippen LogP) is 9.06. The lowest BCUT2D eigenvalue weighted by molar-refractivity contribution is 0.0867. The van der Waals surface area contributed by atoms with Crippen molar-refractivity contribution in [3.63, 3.8) is 0 Å². The maximum atomic E-state index is 7.90. The Kier molecular flexibility index (Phi) is 8.22. The van der Waals surface area contributed by atoms with Crippen molar-refractivity contribution in [2.45, 2.75) is 65.2 Å². The van der Waals surface area contributed by atoms with Crippen molar-refractivity contribution < 1.29 is 8.85 Å². The Labute approximate surface area is 343 Å². The van der Waals surface area contributed by atoms with E-state index < -0.39 is 8.88 Å². The molecule has 6 aliphatic rings. The number of benzene rings is 4. The normalized spacial score (nSPS) is 25.3. The van der Waals surface area contributed by atoms with Crippen LogP contribution in [0.25, 0.3) is 21.5 Å². The van der Waals surface area contributed by atoms with Crippen LogP contribution in [0.15, 0.2) is 127 Å². The van der Waals surface area contributed by atoms with E-state index in [4.69, 9.17) is 38.8 Å². The van der Waals surface area contributed by atoms with E-state index >= 15 is 0 Å². The fourth-order valence-electron chi connectivity index (χ4n) is 10.2. The SMILES string of the molecule is CC1CCC(CO[Si]2(OCC3CCC(C)CC3)n3c4c5ccccc5c3N=C3N=C(N=c5c6ccccc6c(n52)=NC2=NC(=N4)c4ccccc42)c2ccccc23)CC1. The molecule has 2 saturated carbocycles. The molecular formula is C48H46N8O2Si. The fraction of sp³-hybridized carbons (Fsp3) is 0.333. The molecule has 294 valence electrons. The molecule has 2 aromatic heterocycles. The van der Waals surface area contributed by atoms with E-state index in [0.717, 1.165) is 81.3 Å². The molecular weight excluding hydrogens is 749 g/mol. The molecule has 6 bridgehead atoms. The minimum Gasteiger partial charge on any atom is -0.361 e. The van der Waals surface area contributed by atoms with Crippen molar-refractivity contribution in [3.8, 4) is 0 Å². The quantitative estimate of drug-likeness (QED) is 0.157. The molecule has 10 nitrogen and oxygen atoms in total. The number of aliphatic imine (C=N–C) groups is 4. The minimum atomic E-state index is -4.09. The van der Waals surface area contributed by atoms with Gasteiger partial charge in [0.15, 0.2) is 23.3 Å². The molecule has 2 fully saturated rings. The molecule has 11 heteroatoms. The fourth-order valence-corrected chi connectivity index (χ4v) is 13.6. The molecule has 59 heavy (non-hydrogen) atoms. The molecule has 4 aromatic carbocycles. The van der Waals surface area contributed by atoms with Crippen LogP contribution >= 0.6 is 0 Å². The van der Waals surface area contributed by atoms with E-state index in [-0.39, 0.29) is 0 Å². The third-order valence-electron chi connectivity index (χ3n) is 13.6. The van der Waals surface area contributed by atoms with Crippen molar-refractivity contribution in [2.75, 3.05) is 13.2 Å². The summed E-state index contributed by atoms with van der Waals surface area (Å²) in [6, 6.07) is 33.5. The van der Waals surface area contributed by atoms with Crippen molar-refractivity contribution >= 4 is 65.4 Å². The lowest BCUT2D eigenvalue weighted by Gasteiger charge is -2.37. The molecule has 4 aliphatic heterocycles. The predicted molar refractivity (Wildman–Crippen MR) is 235 cm³/mol. The van der Waals surface area contributed by atoms with Gasteiger partial charge < -0.3 is 8.85 Å². The van der Waals surface area contributed by atoms with Crippen LogP contribution in [0.3, 0.4) is 0 Å². The number of hydrogen-bond donors (Lipinski definition) is 0. The van der Waals surface area contributed by atoms with Gasteiger partial charge in [0.1, 0.15) is 22.6 Å². The van der Waals surface area contributed by atoms with Crippen LogP contribution in [-0.4, -0.2) is 53.9 Å². The molecule has 6 heterocycles. The number of hydrogen-bond acceptors (Lipinski definition) is 8. The Morgan fingerprint density at radius 3 is 1.20 bits per heavy atom. The maximum Gasteiger partial charge on any atom is 0.603 e. The average molecular weight is 795 g/mol. The van der Waals surface area contributed by atoms with Crippen LogP contribution in [0.5, 0.6) is 0 Å². The van der Waals surface area contributed by atoms with E-state index in [9.17, 15) is 0 Å². The number of rotatable bonds is 6. The second kappa shape index (κ2) is 13.7. The van der Waals surface area contributed by atoms with Crippen LogP contribution < -0.4 is 11.0 Å². The first kappa shape index (κ1) is 35.3. The number of nitrogens with zero attached hydrogens (tertiary/aromatic N) is 8. The highest BCUT2D eigenvalue weighted by Crippen LogP contribution is 2.44. The van der Waals surface area contributed by atoms with Crippen molar-refractivity contribution in [1.29, 1.82) is 0 Å². The summed E-state index contributed by atoms with van der Waals surface area (Å²) >= 11 is 0. The van der Waals surface area contributed by atoms with Gasteiger partial charge in [0.2, 0.25) is 0 Å². The van der Waals surface area contributed by atoms with Gasteiger partial charge in [-0.05, 0) is 49.4 Å². The molecule has 0 amide bonds. The summed E-state index contributed by atoms with van der Waals surface area (Å²) in [7, 11) is -4.09. The van der Waals surface area contributed by atoms with Gasteiger partial charge in [0.25, 0.3) is 0 Å². The van der Waals surface area contributed by atoms with Crippen LogP contribution in [0.4, 0.5) is 11.6 Å². The molecule has 0 spiro atoms. The highest BCUT2D eigenvalue weighted by molar-refractivity contribution is 6.66. The standard InChI is InChI=1S/C48H46N8O2Si/c1-29-19-23-31(24-20-29)27-57-59(58-28-32-25-21-30(2)22-26-32)55-45-37-15-7-8-16-38(37)47(55)53-43-35-13-5-6-14-36(35)44(50-43)54-48-40-18-10-9-17-39(40)46(56(48)59)52-42-34-12-4-3-11-33(34)41(49-42)51-45/h3-18,29-32H,19-28H2,1-2H3. The maximum absolute atomic E-state index is 7.90. The Bertz CT molecular complexity index is 2780. The molecule has 0 unspecified atom stereocenters. The number of fused-ring (bicyclic) bond motifs is 14. The summed E-state index contributed by atoms with van der Waals surface area (Å²) in [6.45, 7) is 5.83. The lowest BCUT2D eigenvalue weighted by Crippen LogP contribution is -2.64. The molecule has 2 aliphatic carbocycles. The summed E-state index contributed by atoms with van der Waals surface area (Å²) in [5.41, 5.74) is 5.18. The summed E-state index contributed by atoms with van der Waals surface area (Å²) in [4.78, 5) is 32.9. The van der Waals surface area contributed by atoms with Crippen LogP contribution in [0.1, 0.15) is 87.5 Å². The summed E-state index contributed by atoms with van der Waals surface area (Å²) < 4.78 is 20.3. The topological polar surface area (TPSA) is 102 Å². The van der Waals surface area contributed by atoms with E-state index in [0.29, 0.717) is 71.0 Å². The van der Waals surface area contributed by atoms with E-state index in [1.54, 1.807) is 0 Å². The van der Waals surface area contributed by atoms with Gasteiger partial charge in [-0.25, -0.2) is 30.0 Å². The largest absolute Gasteiger partial charge is 0.603 e. The monoisotopic (exact) mass is 794 g/mol. The van der Waals surface area contributed by atoms with Gasteiger partial charge in [-0.3, -0.25) is 8.47 Å². The molecule has 0 N–H and O–H groups in total. The third-order valence-corrected chi connectivity index (χ3v) is 16.7. The smallest absolute Gasteiger partial charge is 0.361 e. The van der Waals surface area contributed by atoms with Gasteiger partial charge in [-0.1, -0.05) is 137 Å². The first-order valence-corrected chi connectivity index (χ1v) is 23.3. The van der Waals surface area contributed by atoms with Gasteiger partial charge in [-0.15, -0.1) is 0 Å². The highest BCUT2D eigenvalue weighted by Gasteiger charge is 2.53. The Hall–Kier alpha value is -5.62. The van der Waals surface area contributed by atoms with Crippen LogP contribution in [-0.2, 0) is 8.85 Å². The first-order valence-electron chi connectivity index (χ1n) is 21.6. The Morgan fingerprint density at radius 2 is 0.797 bits per heavy atom. The summed E-state index contributed by atoms with van der Waals surface area (Å²) in [5.74, 6) is 6.07. The van der Waals surface area contributed by atoms with Gasteiger partial charge in [0.05, 0.1) is 0 Å². The van der Waals surface area contributed by atoms with Gasteiger partial charge in [0, 0.05) is 57.0 Å². The minimum absolute atomic E-state index is 0.382. The van der Waals surface area contributed by atoms with Crippen molar-refractivity contribution in [2.24, 2.45) is 53.6 Å². The van der Waals surface area contributed by atoms with Crippen LogP contribution in [0, 0.1) is 23.7 Å². The molecule has 6 aromatic rings. The second-order valence-corrected chi connectivity index (χ2v) is 20.1. The Balaban J connectivity index is 1.26. The van der Waals surface area contributed by atoms with E-state index in [2.05, 4.69) is 95.1 Å². The zero-order valence-corrected chi connectivity index (χ0v) is 34.5. The lowest BCUT2D eigenvalue weighted by atomic mass is 9.83. The summed E-state index contributed by atoms with van der Waals surface area (Å²) in [6.07, 6.45) is 9.24. The number of aromatic nitrogens is 2. The average Bonchev–Trinajstić information content (AvgIpc) is 3.99. The van der Waals surface area contributed by atoms with Gasteiger partial charge in [-0.2, -0.15) is 0 Å². The molecule has 0 radical (unpaired) electrons. The van der Waals surface area contributed by atoms with Crippen LogP contribution in [0.2, 0.25) is 0 Å². The van der Waals surface area contributed by atoms with Gasteiger partial charge >= 0.3 is 8.88 Å². The molecule has 0 atom stereocenters. The number of amidine groups is 4. The van der Waals surface area contributed by atoms with E-state index in [1.807, 2.05) is 24.3 Å². The highest BCUT2D eigenvalue weighted by atomic mass is 28.4. The zero-order valence-electron chi connectivity index (χ0n) is 33.5. The second-order valence-electron chi connectivity index (χ2n) is 17.5. The summed E-state index contributed by atoms with van der Waals surface area (Å²) in [5, 5.41) is 3.80. The van der Waals surface area contributed by atoms with Crippen molar-refractivity contribution in [3.05, 3.63) is 130 Å².